The van der Waals surface area contributed by atoms with Crippen LogP contribution in [-0.4, -0.2) is 23.5 Å². The van der Waals surface area contributed by atoms with Crippen LogP contribution >= 0.6 is 0 Å². The summed E-state index contributed by atoms with van der Waals surface area (Å²) in [5.74, 6) is -1.14. The molecular formula is C16H17NO3. The monoisotopic (exact) mass is 271 g/mol. The maximum Gasteiger partial charge on any atom is 0.312 e. The van der Waals surface area contributed by atoms with Crippen LogP contribution in [0.25, 0.3) is 0 Å². The fourth-order valence-corrected chi connectivity index (χ4v) is 3.05. The zero-order valence-corrected chi connectivity index (χ0v) is 11.2. The van der Waals surface area contributed by atoms with E-state index in [1.807, 2.05) is 18.2 Å². The highest BCUT2D eigenvalue weighted by Gasteiger charge is 2.36. The minimum atomic E-state index is -0.867. The van der Waals surface area contributed by atoms with Gasteiger partial charge in [-0.15, -0.1) is 0 Å². The third-order valence-electron chi connectivity index (χ3n) is 4.12. The van der Waals surface area contributed by atoms with Crippen molar-refractivity contribution in [3.8, 4) is 0 Å². The van der Waals surface area contributed by atoms with Crippen LogP contribution in [0.4, 0.5) is 5.69 Å². The number of carboxylic acid groups (broad SMARTS) is 1. The van der Waals surface area contributed by atoms with E-state index < -0.39 is 11.9 Å². The Morgan fingerprint density at radius 2 is 2.10 bits per heavy atom. The number of nitrogens with zero attached hydrogens (tertiary/aromatic N) is 1. The number of aliphatic carboxylic acids is 1. The lowest BCUT2D eigenvalue weighted by molar-refractivity contribution is -0.138. The van der Waals surface area contributed by atoms with Gasteiger partial charge >= 0.3 is 5.97 Å². The molecule has 2 atom stereocenters. The second-order valence-electron chi connectivity index (χ2n) is 5.42. The number of anilines is 1. The topological polar surface area (TPSA) is 57.6 Å². The molecule has 0 unspecified atom stereocenters. The molecule has 0 spiro atoms. The van der Waals surface area contributed by atoms with E-state index in [1.54, 1.807) is 11.0 Å². The molecule has 1 heterocycles. The summed E-state index contributed by atoms with van der Waals surface area (Å²) in [5.41, 5.74) is 1.50. The Balaban J connectivity index is 1.82. The average molecular weight is 271 g/mol. The van der Waals surface area contributed by atoms with E-state index in [0.29, 0.717) is 12.3 Å². The van der Waals surface area contributed by atoms with Crippen molar-refractivity contribution in [3.05, 3.63) is 42.0 Å². The molecule has 1 aromatic carbocycles. The lowest BCUT2D eigenvalue weighted by Gasteiger charge is -2.19. The van der Waals surface area contributed by atoms with Crippen LogP contribution in [0.2, 0.25) is 0 Å². The van der Waals surface area contributed by atoms with E-state index in [0.717, 1.165) is 24.1 Å². The molecule has 1 amide bonds. The van der Waals surface area contributed by atoms with Crippen LogP contribution in [0, 0.1) is 5.92 Å². The summed E-state index contributed by atoms with van der Waals surface area (Å²) in [6.45, 7) is 0.254. The molecule has 3 rings (SSSR count). The zero-order chi connectivity index (χ0) is 14.1. The highest BCUT2D eigenvalue weighted by atomic mass is 16.4. The molecule has 0 aromatic heterocycles. The maximum absolute atomic E-state index is 12.4. The number of benzene rings is 1. The van der Waals surface area contributed by atoms with Crippen LogP contribution in [0.1, 0.15) is 30.7 Å². The Hall–Kier alpha value is -2.10. The Bertz CT molecular complexity index is 579. The zero-order valence-electron chi connectivity index (χ0n) is 11.2. The first kappa shape index (κ1) is 12.9. The molecule has 1 aliphatic carbocycles. The number of para-hydroxylation sites is 1. The van der Waals surface area contributed by atoms with Crippen LogP contribution in [-0.2, 0) is 9.59 Å². The number of allylic oxidation sites excluding steroid dienone is 2. The molecule has 2 aliphatic rings. The average Bonchev–Trinajstić information content (AvgIpc) is 3.05. The molecule has 4 heteroatoms. The largest absolute Gasteiger partial charge is 0.481 e. The van der Waals surface area contributed by atoms with Crippen LogP contribution < -0.4 is 4.90 Å². The molecule has 104 valence electrons. The first-order chi connectivity index (χ1) is 9.66. The summed E-state index contributed by atoms with van der Waals surface area (Å²) >= 11 is 0. The lowest BCUT2D eigenvalue weighted by atomic mass is 10.0. The highest BCUT2D eigenvalue weighted by molar-refractivity contribution is 5.99. The smallest absolute Gasteiger partial charge is 0.312 e. The van der Waals surface area contributed by atoms with Gasteiger partial charge in [-0.25, -0.2) is 0 Å². The first-order valence-electron chi connectivity index (χ1n) is 6.95. The fourth-order valence-electron chi connectivity index (χ4n) is 3.05. The van der Waals surface area contributed by atoms with E-state index in [-0.39, 0.29) is 12.5 Å². The van der Waals surface area contributed by atoms with Crippen molar-refractivity contribution < 1.29 is 14.7 Å². The van der Waals surface area contributed by atoms with Crippen LogP contribution in [0.15, 0.2) is 36.4 Å². The Morgan fingerprint density at radius 3 is 2.80 bits per heavy atom. The van der Waals surface area contributed by atoms with Gasteiger partial charge in [-0.3, -0.25) is 9.59 Å². The Morgan fingerprint density at radius 1 is 1.30 bits per heavy atom. The van der Waals surface area contributed by atoms with Gasteiger partial charge in [-0.2, -0.15) is 0 Å². The predicted molar refractivity (Wildman–Crippen MR) is 75.7 cm³/mol. The maximum atomic E-state index is 12.4. The molecule has 20 heavy (non-hydrogen) atoms. The van der Waals surface area contributed by atoms with Crippen LogP contribution in [0.5, 0.6) is 0 Å². The third kappa shape index (κ3) is 2.22. The number of carbonyl (C=O) groups is 2. The second-order valence-corrected chi connectivity index (χ2v) is 5.42. The fraction of sp³-hybridized carbons (Fsp3) is 0.375. The molecule has 0 radical (unpaired) electrons. The number of amides is 1. The molecule has 0 bridgehead atoms. The van der Waals surface area contributed by atoms with E-state index in [2.05, 4.69) is 12.2 Å². The summed E-state index contributed by atoms with van der Waals surface area (Å²) in [4.78, 5) is 25.4. The normalized spacial score (nSPS) is 23.9. The number of fused-ring (bicyclic) bond motifs is 1. The van der Waals surface area contributed by atoms with Crippen molar-refractivity contribution in [2.24, 2.45) is 5.92 Å². The second kappa shape index (κ2) is 5.12. The molecule has 4 nitrogen and oxygen atoms in total. The number of hydrogen-bond acceptors (Lipinski definition) is 2. The molecule has 1 aromatic rings. The molecule has 0 fully saturated rings. The van der Waals surface area contributed by atoms with Gasteiger partial charge in [0.25, 0.3) is 0 Å². The van der Waals surface area contributed by atoms with Crippen molar-refractivity contribution in [1.82, 2.24) is 0 Å². The highest BCUT2D eigenvalue weighted by Crippen LogP contribution is 2.37. The predicted octanol–water partition coefficient (Wildman–Crippen LogP) is 2.56. The van der Waals surface area contributed by atoms with Crippen molar-refractivity contribution >= 4 is 17.6 Å². The summed E-state index contributed by atoms with van der Waals surface area (Å²) in [5, 5.41) is 9.29. The quantitative estimate of drug-likeness (QED) is 0.859. The molecule has 0 saturated heterocycles. The summed E-state index contributed by atoms with van der Waals surface area (Å²) in [6.07, 6.45) is 6.72. The summed E-state index contributed by atoms with van der Waals surface area (Å²) in [6, 6.07) is 7.30. The van der Waals surface area contributed by atoms with Gasteiger partial charge in [0.2, 0.25) is 5.91 Å². The van der Waals surface area contributed by atoms with Gasteiger partial charge < -0.3 is 10.0 Å². The summed E-state index contributed by atoms with van der Waals surface area (Å²) in [7, 11) is 0. The number of hydrogen-bond donors (Lipinski definition) is 1. The summed E-state index contributed by atoms with van der Waals surface area (Å²) < 4.78 is 0. The lowest BCUT2D eigenvalue weighted by Crippen LogP contribution is -2.32. The standard InChI is InChI=1S/C16H17NO3/c18-15(9-11-5-1-2-6-11)17-10-13(16(19)20)12-7-3-4-8-14(12)17/h1,3-5,7-8,11,13H,2,6,9-10H2,(H,19,20)/t11-,13-/m1/s1. The molecule has 0 saturated carbocycles. The van der Waals surface area contributed by atoms with E-state index in [9.17, 15) is 14.7 Å². The Kier molecular flexibility index (Phi) is 3.30. The third-order valence-corrected chi connectivity index (χ3v) is 4.12. The van der Waals surface area contributed by atoms with Gasteiger partial charge in [0.15, 0.2) is 0 Å². The van der Waals surface area contributed by atoms with Crippen molar-refractivity contribution in [2.45, 2.75) is 25.2 Å². The number of carbonyl (C=O) groups excluding carboxylic acids is 1. The van der Waals surface area contributed by atoms with E-state index in [1.165, 1.54) is 0 Å². The SMILES string of the molecule is O=C(O)[C@@H]1CN(C(=O)C[C@@H]2C=CCC2)c2ccccc21. The van der Waals surface area contributed by atoms with Gasteiger partial charge in [0.05, 0.1) is 0 Å². The molecule has 1 N–H and O–H groups in total. The number of carboxylic acids is 1. The molecular weight excluding hydrogens is 254 g/mol. The Labute approximate surface area is 117 Å². The van der Waals surface area contributed by atoms with E-state index in [4.69, 9.17) is 0 Å². The minimum absolute atomic E-state index is 0.0257. The van der Waals surface area contributed by atoms with Gasteiger partial charge in [0, 0.05) is 18.7 Å². The van der Waals surface area contributed by atoms with Gasteiger partial charge in [-0.05, 0) is 30.4 Å². The van der Waals surface area contributed by atoms with Crippen molar-refractivity contribution in [3.63, 3.8) is 0 Å². The first-order valence-corrected chi connectivity index (χ1v) is 6.95. The van der Waals surface area contributed by atoms with Crippen molar-refractivity contribution in [1.29, 1.82) is 0 Å². The van der Waals surface area contributed by atoms with Crippen molar-refractivity contribution in [2.75, 3.05) is 11.4 Å². The van der Waals surface area contributed by atoms with E-state index >= 15 is 0 Å². The minimum Gasteiger partial charge on any atom is -0.481 e. The van der Waals surface area contributed by atoms with Gasteiger partial charge in [-0.1, -0.05) is 30.4 Å². The van der Waals surface area contributed by atoms with Crippen LogP contribution in [0.3, 0.4) is 0 Å². The van der Waals surface area contributed by atoms with Gasteiger partial charge in [0.1, 0.15) is 5.92 Å². The number of rotatable bonds is 3. The molecule has 1 aliphatic heterocycles.